The van der Waals surface area contributed by atoms with Crippen LogP contribution >= 0.6 is 12.4 Å². The van der Waals surface area contributed by atoms with Gasteiger partial charge in [0.05, 0.1) is 12.4 Å². The van der Waals surface area contributed by atoms with Gasteiger partial charge in [0.2, 0.25) is 10.0 Å². The van der Waals surface area contributed by atoms with Crippen molar-refractivity contribution in [1.29, 1.82) is 0 Å². The summed E-state index contributed by atoms with van der Waals surface area (Å²) >= 11 is 0. The highest BCUT2D eigenvalue weighted by Crippen LogP contribution is 2.15. The van der Waals surface area contributed by atoms with Crippen LogP contribution < -0.4 is 10.5 Å². The Balaban J connectivity index is 0.00000220. The molecule has 116 valence electrons. The van der Waals surface area contributed by atoms with Gasteiger partial charge in [-0.2, -0.15) is 5.10 Å². The lowest BCUT2D eigenvalue weighted by Crippen LogP contribution is -2.37. The van der Waals surface area contributed by atoms with Crippen LogP contribution in [0.25, 0.3) is 5.69 Å². The molecule has 1 aromatic carbocycles. The fourth-order valence-electron chi connectivity index (χ4n) is 1.60. The molecule has 0 unspecified atom stereocenters. The van der Waals surface area contributed by atoms with Crippen LogP contribution in [0, 0.1) is 5.82 Å². The van der Waals surface area contributed by atoms with Gasteiger partial charge in [0.25, 0.3) is 0 Å². The Bertz CT molecular complexity index is 705. The number of benzene rings is 1. The van der Waals surface area contributed by atoms with E-state index in [9.17, 15) is 12.8 Å². The molecule has 0 radical (unpaired) electrons. The monoisotopic (exact) mass is 334 g/mol. The summed E-state index contributed by atoms with van der Waals surface area (Å²) in [6.45, 7) is 1.83. The molecule has 2 rings (SSSR count). The van der Waals surface area contributed by atoms with Gasteiger partial charge in [0.1, 0.15) is 16.4 Å². The van der Waals surface area contributed by atoms with Crippen LogP contribution in [0.4, 0.5) is 4.39 Å². The summed E-state index contributed by atoms with van der Waals surface area (Å²) in [5.74, 6) is -0.483. The van der Waals surface area contributed by atoms with Crippen LogP contribution in [0.1, 0.15) is 6.92 Å². The number of aromatic nitrogens is 2. The largest absolute Gasteiger partial charge is 0.329 e. The third-order valence-corrected chi connectivity index (χ3v) is 4.22. The first kappa shape index (κ1) is 17.6. The smallest absolute Gasteiger partial charge is 0.243 e. The van der Waals surface area contributed by atoms with E-state index in [1.807, 2.05) is 0 Å². The number of rotatable bonds is 5. The third kappa shape index (κ3) is 4.01. The fourth-order valence-corrected chi connectivity index (χ4v) is 2.78. The Morgan fingerprint density at radius 2 is 2.10 bits per heavy atom. The lowest BCUT2D eigenvalue weighted by Gasteiger charge is -2.10. The van der Waals surface area contributed by atoms with Crippen LogP contribution in [0.15, 0.2) is 41.6 Å². The second kappa shape index (κ2) is 6.99. The first-order valence-electron chi connectivity index (χ1n) is 5.96. The molecule has 1 aromatic heterocycles. The molecule has 0 bridgehead atoms. The molecule has 0 saturated heterocycles. The van der Waals surface area contributed by atoms with E-state index in [1.165, 1.54) is 23.0 Å². The molecule has 0 aliphatic carbocycles. The van der Waals surface area contributed by atoms with Gasteiger partial charge in [-0.25, -0.2) is 22.2 Å². The number of nitrogens with zero attached hydrogens (tertiary/aromatic N) is 2. The number of nitrogens with one attached hydrogen (secondary N) is 1. The first-order valence-corrected chi connectivity index (χ1v) is 7.44. The predicted octanol–water partition coefficient (Wildman–Crippen LogP) is 1.06. The van der Waals surface area contributed by atoms with Gasteiger partial charge in [0.15, 0.2) is 0 Å². The van der Waals surface area contributed by atoms with Gasteiger partial charge >= 0.3 is 0 Å². The zero-order valence-corrected chi connectivity index (χ0v) is 12.9. The molecule has 0 amide bonds. The summed E-state index contributed by atoms with van der Waals surface area (Å²) in [6.07, 6.45) is 2.42. The summed E-state index contributed by atoms with van der Waals surface area (Å²) in [4.78, 5) is -0.0407. The van der Waals surface area contributed by atoms with Gasteiger partial charge in [-0.3, -0.25) is 0 Å². The van der Waals surface area contributed by atoms with Crippen molar-refractivity contribution in [2.75, 3.05) is 6.54 Å². The second-order valence-corrected chi connectivity index (χ2v) is 6.04. The SMILES string of the molecule is C[C@@H](CN)NS(=O)(=O)c1cnn(-c2ccccc2F)c1.Cl. The third-order valence-electron chi connectivity index (χ3n) is 2.68. The van der Waals surface area contributed by atoms with Gasteiger partial charge in [-0.05, 0) is 19.1 Å². The Morgan fingerprint density at radius 3 is 2.71 bits per heavy atom. The van der Waals surface area contributed by atoms with E-state index >= 15 is 0 Å². The Kier molecular flexibility index (Phi) is 5.85. The van der Waals surface area contributed by atoms with Gasteiger partial charge in [-0.15, -0.1) is 12.4 Å². The number of para-hydroxylation sites is 1. The summed E-state index contributed by atoms with van der Waals surface area (Å²) < 4.78 is 41.2. The van der Waals surface area contributed by atoms with Gasteiger partial charge < -0.3 is 5.73 Å². The van der Waals surface area contributed by atoms with Gasteiger partial charge in [-0.1, -0.05) is 12.1 Å². The second-order valence-electron chi connectivity index (χ2n) is 4.33. The number of halogens is 2. The van der Waals surface area contributed by atoms with Crippen molar-refractivity contribution in [3.05, 3.63) is 42.5 Å². The molecule has 9 heteroatoms. The van der Waals surface area contributed by atoms with Crippen LogP contribution in [0.2, 0.25) is 0 Å². The van der Waals surface area contributed by atoms with Crippen molar-refractivity contribution in [2.45, 2.75) is 17.9 Å². The molecule has 1 heterocycles. The first-order chi connectivity index (χ1) is 9.44. The maximum absolute atomic E-state index is 13.6. The summed E-state index contributed by atoms with van der Waals surface area (Å²) in [5, 5.41) is 3.87. The van der Waals surface area contributed by atoms with Crippen molar-refractivity contribution in [3.8, 4) is 5.69 Å². The molecule has 3 N–H and O–H groups in total. The normalized spacial score (nSPS) is 12.7. The van der Waals surface area contributed by atoms with E-state index in [1.54, 1.807) is 19.1 Å². The van der Waals surface area contributed by atoms with E-state index in [4.69, 9.17) is 5.73 Å². The van der Waals surface area contributed by atoms with Crippen LogP contribution in [-0.2, 0) is 10.0 Å². The molecular formula is C12H16ClFN4O2S. The summed E-state index contributed by atoms with van der Waals surface area (Å²) in [7, 11) is -3.71. The van der Waals surface area contributed by atoms with Crippen molar-refractivity contribution in [2.24, 2.45) is 5.73 Å². The molecule has 0 saturated carbocycles. The minimum Gasteiger partial charge on any atom is -0.329 e. The van der Waals surface area contributed by atoms with Crippen molar-refractivity contribution >= 4 is 22.4 Å². The standard InChI is InChI=1S/C12H15FN4O2S.ClH/c1-9(6-14)16-20(18,19)10-7-15-17(8-10)12-5-3-2-4-11(12)13;/h2-5,7-9,16H,6,14H2,1H3;1H/t9-;/m0./s1. The molecule has 2 aromatic rings. The molecule has 6 nitrogen and oxygen atoms in total. The Hall–Kier alpha value is -1.48. The minimum atomic E-state index is -3.71. The molecular weight excluding hydrogens is 319 g/mol. The van der Waals surface area contributed by atoms with Crippen LogP contribution in [0.5, 0.6) is 0 Å². The summed E-state index contributed by atoms with van der Waals surface area (Å²) in [5.41, 5.74) is 5.56. The Labute approximate surface area is 128 Å². The maximum atomic E-state index is 13.6. The highest BCUT2D eigenvalue weighted by atomic mass is 35.5. The van der Waals surface area contributed by atoms with Crippen LogP contribution in [-0.4, -0.2) is 30.8 Å². The van der Waals surface area contributed by atoms with E-state index in [0.29, 0.717) is 0 Å². The lowest BCUT2D eigenvalue weighted by atomic mass is 10.3. The topological polar surface area (TPSA) is 90.0 Å². The highest BCUT2D eigenvalue weighted by molar-refractivity contribution is 7.89. The van der Waals surface area contributed by atoms with E-state index < -0.39 is 21.9 Å². The average molecular weight is 335 g/mol. The number of hydrogen-bond acceptors (Lipinski definition) is 4. The maximum Gasteiger partial charge on any atom is 0.243 e. The predicted molar refractivity (Wildman–Crippen MR) is 79.6 cm³/mol. The molecule has 0 fully saturated rings. The molecule has 21 heavy (non-hydrogen) atoms. The van der Waals surface area contributed by atoms with E-state index in [0.717, 1.165) is 6.20 Å². The van der Waals surface area contributed by atoms with Gasteiger partial charge in [0, 0.05) is 12.6 Å². The summed E-state index contributed by atoms with van der Waals surface area (Å²) in [6, 6.07) is 5.58. The van der Waals surface area contributed by atoms with Crippen molar-refractivity contribution < 1.29 is 12.8 Å². The lowest BCUT2D eigenvalue weighted by molar-refractivity contribution is 0.562. The van der Waals surface area contributed by atoms with E-state index in [2.05, 4.69) is 9.82 Å². The zero-order chi connectivity index (χ0) is 14.8. The zero-order valence-electron chi connectivity index (χ0n) is 11.2. The van der Waals surface area contributed by atoms with Crippen molar-refractivity contribution in [1.82, 2.24) is 14.5 Å². The highest BCUT2D eigenvalue weighted by Gasteiger charge is 2.19. The fraction of sp³-hybridized carbons (Fsp3) is 0.250. The quantitative estimate of drug-likeness (QED) is 0.855. The van der Waals surface area contributed by atoms with Crippen LogP contribution in [0.3, 0.4) is 0 Å². The minimum absolute atomic E-state index is 0. The number of sulfonamides is 1. The number of hydrogen-bond donors (Lipinski definition) is 2. The molecule has 0 aliphatic rings. The Morgan fingerprint density at radius 1 is 1.43 bits per heavy atom. The molecule has 0 aliphatic heterocycles. The average Bonchev–Trinajstić information content (AvgIpc) is 2.89. The number of nitrogens with two attached hydrogens (primary N) is 1. The molecule has 1 atom stereocenters. The molecule has 0 spiro atoms. The van der Waals surface area contributed by atoms with E-state index in [-0.39, 0.29) is 29.5 Å². The van der Waals surface area contributed by atoms with Crippen molar-refractivity contribution in [3.63, 3.8) is 0 Å².